The lowest BCUT2D eigenvalue weighted by atomic mass is 10.2. The first-order chi connectivity index (χ1) is 5.11. The van der Waals surface area contributed by atoms with E-state index in [2.05, 4.69) is 15.9 Å². The summed E-state index contributed by atoms with van der Waals surface area (Å²) in [7, 11) is 0. The van der Waals surface area contributed by atoms with Crippen molar-refractivity contribution >= 4 is 15.9 Å². The van der Waals surface area contributed by atoms with Gasteiger partial charge in [-0.3, -0.25) is 4.79 Å². The molecule has 0 atom stereocenters. The van der Waals surface area contributed by atoms with Gasteiger partial charge < -0.3 is 0 Å². The van der Waals surface area contributed by atoms with Crippen LogP contribution in [0.5, 0.6) is 0 Å². The van der Waals surface area contributed by atoms with Gasteiger partial charge in [0.05, 0.1) is 0 Å². The summed E-state index contributed by atoms with van der Waals surface area (Å²) < 4.78 is 0.945. The lowest BCUT2D eigenvalue weighted by Gasteiger charge is -1.82. The van der Waals surface area contributed by atoms with Gasteiger partial charge in [-0.15, -0.1) is 0 Å². The molecule has 11 heavy (non-hydrogen) atoms. The average molecular weight is 213 g/mol. The fraction of sp³-hybridized carbons (Fsp3) is 0.222. The van der Waals surface area contributed by atoms with Crippen LogP contribution in [0.2, 0.25) is 0 Å². The lowest BCUT2D eigenvalue weighted by molar-refractivity contribution is 1.35. The van der Waals surface area contributed by atoms with E-state index in [1.165, 1.54) is 0 Å². The van der Waals surface area contributed by atoms with Crippen molar-refractivity contribution in [2.24, 2.45) is 0 Å². The summed E-state index contributed by atoms with van der Waals surface area (Å²) in [6.45, 7) is 3.64. The molecular weight excluding hydrogens is 204 g/mol. The summed E-state index contributed by atoms with van der Waals surface area (Å²) in [5.41, 5.74) is 1.68. The highest BCUT2D eigenvalue weighted by atomic mass is 79.9. The van der Waals surface area contributed by atoms with Crippen molar-refractivity contribution in [2.45, 2.75) is 13.8 Å². The first-order valence-electron chi connectivity index (χ1n) is 3.38. The second-order valence-electron chi connectivity index (χ2n) is 2.56. The zero-order chi connectivity index (χ0) is 8.43. The van der Waals surface area contributed by atoms with Crippen LogP contribution in [0.25, 0.3) is 0 Å². The Hall–Kier alpha value is -0.630. The molecule has 1 aromatic rings. The third-order valence-electron chi connectivity index (χ3n) is 1.56. The van der Waals surface area contributed by atoms with Crippen molar-refractivity contribution in [2.75, 3.05) is 0 Å². The number of rotatable bonds is 0. The first kappa shape index (κ1) is 8.47. The van der Waals surface area contributed by atoms with Crippen LogP contribution in [0.3, 0.4) is 0 Å². The van der Waals surface area contributed by atoms with Crippen LogP contribution in [0.4, 0.5) is 0 Å². The Morgan fingerprint density at radius 2 is 1.82 bits per heavy atom. The predicted molar refractivity (Wildman–Crippen MR) is 49.9 cm³/mol. The number of hydrogen-bond acceptors (Lipinski definition) is 1. The van der Waals surface area contributed by atoms with Gasteiger partial charge in [0.1, 0.15) is 0 Å². The van der Waals surface area contributed by atoms with E-state index < -0.39 is 0 Å². The first-order valence-corrected chi connectivity index (χ1v) is 4.17. The summed E-state index contributed by atoms with van der Waals surface area (Å²) in [6.07, 6.45) is 0. The second kappa shape index (κ2) is 3.18. The predicted octanol–water partition coefficient (Wildman–Crippen LogP) is 2.43. The third-order valence-corrected chi connectivity index (χ3v) is 2.06. The van der Waals surface area contributed by atoms with Crippen molar-refractivity contribution in [3.63, 3.8) is 0 Å². The average Bonchev–Trinajstić information content (AvgIpc) is 2.05. The van der Waals surface area contributed by atoms with Crippen LogP contribution in [0.1, 0.15) is 11.1 Å². The van der Waals surface area contributed by atoms with Crippen molar-refractivity contribution in [3.8, 4) is 0 Å². The molecule has 0 bridgehead atoms. The maximum atomic E-state index is 11.3. The Kier molecular flexibility index (Phi) is 2.45. The van der Waals surface area contributed by atoms with E-state index >= 15 is 0 Å². The van der Waals surface area contributed by atoms with Crippen LogP contribution < -0.4 is 5.43 Å². The zero-order valence-electron chi connectivity index (χ0n) is 6.52. The molecule has 0 radical (unpaired) electrons. The van der Waals surface area contributed by atoms with E-state index in [0.717, 1.165) is 15.6 Å². The molecule has 0 amide bonds. The van der Waals surface area contributed by atoms with E-state index in [4.69, 9.17) is 0 Å². The molecule has 0 unspecified atom stereocenters. The van der Waals surface area contributed by atoms with E-state index in [1.54, 1.807) is 0 Å². The molecule has 0 saturated heterocycles. The molecule has 0 N–H and O–H groups in total. The van der Waals surface area contributed by atoms with E-state index in [0.29, 0.717) is 0 Å². The summed E-state index contributed by atoms with van der Waals surface area (Å²) in [4.78, 5) is 11.3. The smallest absolute Gasteiger partial charge is 0.184 e. The monoisotopic (exact) mass is 212 g/mol. The van der Waals surface area contributed by atoms with Crippen LogP contribution in [-0.4, -0.2) is 0 Å². The van der Waals surface area contributed by atoms with E-state index in [1.807, 2.05) is 32.0 Å². The van der Waals surface area contributed by atoms with Gasteiger partial charge in [-0.1, -0.05) is 22.0 Å². The molecule has 0 saturated carbocycles. The van der Waals surface area contributed by atoms with Gasteiger partial charge >= 0.3 is 0 Å². The molecule has 0 aliphatic carbocycles. The quantitative estimate of drug-likeness (QED) is 0.646. The van der Waals surface area contributed by atoms with Crippen molar-refractivity contribution < 1.29 is 0 Å². The molecule has 0 aromatic heterocycles. The normalized spacial score (nSPS) is 9.73. The van der Waals surface area contributed by atoms with Crippen molar-refractivity contribution in [1.29, 1.82) is 0 Å². The van der Waals surface area contributed by atoms with Gasteiger partial charge in [0.15, 0.2) is 5.43 Å². The molecule has 0 aliphatic rings. The zero-order valence-corrected chi connectivity index (χ0v) is 8.10. The Morgan fingerprint density at radius 1 is 1.18 bits per heavy atom. The molecular formula is C9H9BrO. The highest BCUT2D eigenvalue weighted by Crippen LogP contribution is 2.07. The topological polar surface area (TPSA) is 17.1 Å². The molecule has 1 rings (SSSR count). The molecule has 2 heteroatoms. The molecule has 0 fully saturated rings. The SMILES string of the molecule is Cc1ccc(Br)cc(C)c1=O. The maximum absolute atomic E-state index is 11.3. The standard InChI is InChI=1S/C9H9BrO/c1-6-3-4-8(10)5-7(2)9(6)11/h3-5H,1-2H3. The number of halogens is 1. The largest absolute Gasteiger partial charge is 0.289 e. The summed E-state index contributed by atoms with van der Waals surface area (Å²) in [5.74, 6) is 0. The Bertz CT molecular complexity index is 331. The molecule has 0 aliphatic heterocycles. The van der Waals surface area contributed by atoms with E-state index in [-0.39, 0.29) is 5.43 Å². The Labute approximate surface area is 74.2 Å². The number of hydrogen-bond donors (Lipinski definition) is 0. The minimum Gasteiger partial charge on any atom is -0.289 e. The van der Waals surface area contributed by atoms with Gasteiger partial charge in [0.25, 0.3) is 0 Å². The highest BCUT2D eigenvalue weighted by molar-refractivity contribution is 9.10. The van der Waals surface area contributed by atoms with Crippen molar-refractivity contribution in [3.05, 3.63) is 44.0 Å². The summed E-state index contributed by atoms with van der Waals surface area (Å²) in [6, 6.07) is 5.53. The third kappa shape index (κ3) is 1.90. The Morgan fingerprint density at radius 3 is 2.45 bits per heavy atom. The second-order valence-corrected chi connectivity index (χ2v) is 3.47. The molecule has 1 nitrogen and oxygen atoms in total. The summed E-state index contributed by atoms with van der Waals surface area (Å²) in [5, 5.41) is 0. The molecule has 0 spiro atoms. The van der Waals surface area contributed by atoms with Crippen LogP contribution >= 0.6 is 15.9 Å². The molecule has 58 valence electrons. The van der Waals surface area contributed by atoms with Gasteiger partial charge in [0, 0.05) is 4.47 Å². The minimum absolute atomic E-state index is 0.121. The fourth-order valence-electron chi connectivity index (χ4n) is 0.912. The van der Waals surface area contributed by atoms with Gasteiger partial charge in [0.2, 0.25) is 0 Å². The molecule has 0 heterocycles. The van der Waals surface area contributed by atoms with Crippen LogP contribution in [0.15, 0.2) is 27.5 Å². The minimum atomic E-state index is 0.121. The van der Waals surface area contributed by atoms with Crippen LogP contribution in [0, 0.1) is 13.8 Å². The Balaban J connectivity index is 3.57. The fourth-order valence-corrected chi connectivity index (χ4v) is 1.39. The van der Waals surface area contributed by atoms with Gasteiger partial charge in [-0.2, -0.15) is 0 Å². The lowest BCUT2D eigenvalue weighted by Crippen LogP contribution is -2.03. The maximum Gasteiger partial charge on any atom is 0.184 e. The van der Waals surface area contributed by atoms with Gasteiger partial charge in [-0.05, 0) is 37.1 Å². The summed E-state index contributed by atoms with van der Waals surface area (Å²) >= 11 is 3.32. The highest BCUT2D eigenvalue weighted by Gasteiger charge is 1.94. The van der Waals surface area contributed by atoms with Gasteiger partial charge in [-0.25, -0.2) is 0 Å². The van der Waals surface area contributed by atoms with E-state index in [9.17, 15) is 4.79 Å². The number of aryl methyl sites for hydroxylation is 2. The molecule has 1 aromatic carbocycles. The van der Waals surface area contributed by atoms with Crippen LogP contribution in [-0.2, 0) is 0 Å². The van der Waals surface area contributed by atoms with Crippen molar-refractivity contribution in [1.82, 2.24) is 0 Å².